The van der Waals surface area contributed by atoms with Gasteiger partial charge in [0.15, 0.2) is 0 Å². The molecule has 0 bridgehead atoms. The molecule has 2 N–H and O–H groups in total. The second-order valence-electron chi connectivity index (χ2n) is 4.53. The lowest BCUT2D eigenvalue weighted by Crippen LogP contribution is -2.35. The van der Waals surface area contributed by atoms with Gasteiger partial charge in [0.25, 0.3) is 0 Å². The van der Waals surface area contributed by atoms with Crippen LogP contribution in [0.4, 0.5) is 0 Å². The monoisotopic (exact) mass is 277 g/mol. The summed E-state index contributed by atoms with van der Waals surface area (Å²) < 4.78 is 1.18. The van der Waals surface area contributed by atoms with Crippen molar-refractivity contribution in [3.63, 3.8) is 0 Å². The molecule has 1 atom stereocenters. The summed E-state index contributed by atoms with van der Waals surface area (Å²) in [6, 6.07) is 4.26. The average Bonchev–Trinajstić information content (AvgIpc) is 2.89. The Hall–Kier alpha value is -1.46. The third kappa shape index (κ3) is 3.75. The second kappa shape index (κ2) is 6.63. The zero-order valence-corrected chi connectivity index (χ0v) is 12.1. The molecule has 5 heteroatoms. The number of rotatable bonds is 6. The number of carbonyl (C=O) groups is 1. The average molecular weight is 277 g/mol. The van der Waals surface area contributed by atoms with E-state index in [1.54, 1.807) is 11.3 Å². The standard InChI is InChI=1S/C14H19N3OS/c1-3-5-15-14(18)9-16-10(2)11-7-13-12(17-8-11)4-6-19-13/h4,6-8,10,16H,3,5,9H2,1-2H3,(H,15,18). The van der Waals surface area contributed by atoms with E-state index in [0.29, 0.717) is 6.54 Å². The van der Waals surface area contributed by atoms with Crippen LogP contribution in [0.15, 0.2) is 23.7 Å². The van der Waals surface area contributed by atoms with E-state index in [-0.39, 0.29) is 11.9 Å². The van der Waals surface area contributed by atoms with Gasteiger partial charge >= 0.3 is 0 Å². The van der Waals surface area contributed by atoms with Crippen molar-refractivity contribution in [2.75, 3.05) is 13.1 Å². The first-order chi connectivity index (χ1) is 9.20. The minimum absolute atomic E-state index is 0.0406. The number of hydrogen-bond donors (Lipinski definition) is 2. The number of carbonyl (C=O) groups excluding carboxylic acids is 1. The van der Waals surface area contributed by atoms with Gasteiger partial charge in [-0.1, -0.05) is 6.92 Å². The van der Waals surface area contributed by atoms with Crippen LogP contribution in [0.25, 0.3) is 10.2 Å². The summed E-state index contributed by atoms with van der Waals surface area (Å²) in [7, 11) is 0. The Morgan fingerprint density at radius 1 is 1.53 bits per heavy atom. The number of thiophene rings is 1. The lowest BCUT2D eigenvalue weighted by atomic mass is 10.1. The van der Waals surface area contributed by atoms with E-state index in [4.69, 9.17) is 0 Å². The molecule has 0 aliphatic carbocycles. The van der Waals surface area contributed by atoms with Crippen LogP contribution in [0.5, 0.6) is 0 Å². The van der Waals surface area contributed by atoms with Crippen molar-refractivity contribution in [2.45, 2.75) is 26.3 Å². The number of nitrogens with zero attached hydrogens (tertiary/aromatic N) is 1. The molecule has 2 aromatic heterocycles. The summed E-state index contributed by atoms with van der Waals surface area (Å²) in [4.78, 5) is 15.9. The van der Waals surface area contributed by atoms with Crippen molar-refractivity contribution in [3.05, 3.63) is 29.3 Å². The number of nitrogens with one attached hydrogen (secondary N) is 2. The maximum Gasteiger partial charge on any atom is 0.233 e. The van der Waals surface area contributed by atoms with Crippen LogP contribution in [0.3, 0.4) is 0 Å². The topological polar surface area (TPSA) is 54.0 Å². The summed E-state index contributed by atoms with van der Waals surface area (Å²) in [5, 5.41) is 8.11. The molecule has 0 radical (unpaired) electrons. The van der Waals surface area contributed by atoms with Crippen LogP contribution in [0.1, 0.15) is 31.9 Å². The van der Waals surface area contributed by atoms with E-state index in [2.05, 4.69) is 21.7 Å². The summed E-state index contributed by atoms with van der Waals surface area (Å²) in [6.07, 6.45) is 2.83. The molecule has 2 aromatic rings. The SMILES string of the molecule is CCCNC(=O)CNC(C)c1cnc2ccsc2c1. The van der Waals surface area contributed by atoms with Gasteiger partial charge in [0, 0.05) is 18.8 Å². The molecule has 102 valence electrons. The maximum absolute atomic E-state index is 11.5. The molecule has 0 fully saturated rings. The van der Waals surface area contributed by atoms with Gasteiger partial charge in [-0.15, -0.1) is 11.3 Å². The Morgan fingerprint density at radius 2 is 2.37 bits per heavy atom. The van der Waals surface area contributed by atoms with Gasteiger partial charge in [-0.2, -0.15) is 0 Å². The van der Waals surface area contributed by atoms with Crippen LogP contribution in [0.2, 0.25) is 0 Å². The highest BCUT2D eigenvalue weighted by Gasteiger charge is 2.09. The zero-order valence-electron chi connectivity index (χ0n) is 11.3. The van der Waals surface area contributed by atoms with Crippen LogP contribution in [-0.2, 0) is 4.79 Å². The second-order valence-corrected chi connectivity index (χ2v) is 5.47. The van der Waals surface area contributed by atoms with Crippen molar-refractivity contribution >= 4 is 27.5 Å². The first-order valence-electron chi connectivity index (χ1n) is 6.54. The smallest absolute Gasteiger partial charge is 0.233 e. The first-order valence-corrected chi connectivity index (χ1v) is 7.42. The van der Waals surface area contributed by atoms with E-state index in [1.165, 1.54) is 4.70 Å². The van der Waals surface area contributed by atoms with Gasteiger partial charge in [-0.05, 0) is 36.4 Å². The first kappa shape index (κ1) is 14.0. The van der Waals surface area contributed by atoms with Gasteiger partial charge < -0.3 is 10.6 Å². The Bertz CT molecular complexity index is 552. The fourth-order valence-electron chi connectivity index (χ4n) is 1.79. The summed E-state index contributed by atoms with van der Waals surface area (Å²) in [5.74, 6) is 0.0406. The Labute approximate surface area is 117 Å². The van der Waals surface area contributed by atoms with Gasteiger partial charge in [-0.25, -0.2) is 0 Å². The third-order valence-corrected chi connectivity index (χ3v) is 3.82. The summed E-state index contributed by atoms with van der Waals surface area (Å²) in [6.45, 7) is 5.16. The Kier molecular flexibility index (Phi) is 4.87. The van der Waals surface area contributed by atoms with Crippen molar-refractivity contribution in [1.29, 1.82) is 0 Å². The molecular formula is C14H19N3OS. The highest BCUT2D eigenvalue weighted by atomic mass is 32.1. The molecule has 19 heavy (non-hydrogen) atoms. The molecule has 0 spiro atoms. The lowest BCUT2D eigenvalue weighted by molar-refractivity contribution is -0.120. The van der Waals surface area contributed by atoms with Crippen LogP contribution < -0.4 is 10.6 Å². The minimum atomic E-state index is 0.0406. The van der Waals surface area contributed by atoms with Gasteiger partial charge in [0.2, 0.25) is 5.91 Å². The van der Waals surface area contributed by atoms with Crippen molar-refractivity contribution < 1.29 is 4.79 Å². The van der Waals surface area contributed by atoms with Crippen LogP contribution >= 0.6 is 11.3 Å². The van der Waals surface area contributed by atoms with Gasteiger partial charge in [-0.3, -0.25) is 9.78 Å². The van der Waals surface area contributed by atoms with E-state index in [0.717, 1.165) is 24.0 Å². The molecule has 2 heterocycles. The molecule has 1 amide bonds. The zero-order chi connectivity index (χ0) is 13.7. The molecule has 0 aliphatic rings. The van der Waals surface area contributed by atoms with E-state index >= 15 is 0 Å². The number of hydrogen-bond acceptors (Lipinski definition) is 4. The quantitative estimate of drug-likeness (QED) is 0.853. The molecule has 0 saturated heterocycles. The van der Waals surface area contributed by atoms with Gasteiger partial charge in [0.05, 0.1) is 16.8 Å². The highest BCUT2D eigenvalue weighted by Crippen LogP contribution is 2.22. The van der Waals surface area contributed by atoms with E-state index < -0.39 is 0 Å². The summed E-state index contributed by atoms with van der Waals surface area (Å²) >= 11 is 1.68. The van der Waals surface area contributed by atoms with Crippen molar-refractivity contribution in [3.8, 4) is 0 Å². The molecule has 0 aliphatic heterocycles. The van der Waals surface area contributed by atoms with Crippen LogP contribution in [-0.4, -0.2) is 24.0 Å². The van der Waals surface area contributed by atoms with E-state index in [1.807, 2.05) is 31.5 Å². The highest BCUT2D eigenvalue weighted by molar-refractivity contribution is 7.17. The number of pyridine rings is 1. The maximum atomic E-state index is 11.5. The number of amides is 1. The third-order valence-electron chi connectivity index (χ3n) is 2.96. The normalized spacial score (nSPS) is 12.5. The van der Waals surface area contributed by atoms with E-state index in [9.17, 15) is 4.79 Å². The predicted octanol–water partition coefficient (Wildman–Crippen LogP) is 2.47. The molecule has 0 saturated carbocycles. The molecule has 2 rings (SSSR count). The van der Waals surface area contributed by atoms with Gasteiger partial charge in [0.1, 0.15) is 0 Å². The number of aromatic nitrogens is 1. The van der Waals surface area contributed by atoms with Crippen molar-refractivity contribution in [1.82, 2.24) is 15.6 Å². The molecule has 0 aromatic carbocycles. The fraction of sp³-hybridized carbons (Fsp3) is 0.429. The summed E-state index contributed by atoms with van der Waals surface area (Å²) in [5.41, 5.74) is 2.14. The molecular weight excluding hydrogens is 258 g/mol. The molecule has 4 nitrogen and oxygen atoms in total. The number of fused-ring (bicyclic) bond motifs is 1. The minimum Gasteiger partial charge on any atom is -0.355 e. The fourth-order valence-corrected chi connectivity index (χ4v) is 2.58. The largest absolute Gasteiger partial charge is 0.355 e. The van der Waals surface area contributed by atoms with Crippen molar-refractivity contribution in [2.24, 2.45) is 0 Å². The predicted molar refractivity (Wildman–Crippen MR) is 79.3 cm³/mol. The Morgan fingerprint density at radius 3 is 3.16 bits per heavy atom. The lowest BCUT2D eigenvalue weighted by Gasteiger charge is -2.13. The molecule has 1 unspecified atom stereocenters. The Balaban J connectivity index is 1.91. The van der Waals surface area contributed by atoms with Crippen LogP contribution in [0, 0.1) is 0 Å².